The molecule has 32 heavy (non-hydrogen) atoms. The molecule has 1 aliphatic carbocycles. The van der Waals surface area contributed by atoms with E-state index in [-0.39, 0.29) is 42.9 Å². The van der Waals surface area contributed by atoms with Gasteiger partial charge in [0.05, 0.1) is 31.8 Å². The van der Waals surface area contributed by atoms with Crippen LogP contribution in [0.25, 0.3) is 0 Å². The third-order valence-corrected chi connectivity index (χ3v) is 8.06. The van der Waals surface area contributed by atoms with E-state index in [1.54, 1.807) is 4.90 Å². The van der Waals surface area contributed by atoms with Gasteiger partial charge in [-0.05, 0) is 37.0 Å². The monoisotopic (exact) mass is 467 g/mol. The Morgan fingerprint density at radius 1 is 1.25 bits per heavy atom. The summed E-state index contributed by atoms with van der Waals surface area (Å²) in [4.78, 5) is 35.4. The molecule has 1 aromatic heterocycles. The van der Waals surface area contributed by atoms with Gasteiger partial charge in [-0.15, -0.1) is 0 Å². The zero-order valence-corrected chi connectivity index (χ0v) is 19.1. The molecule has 11 nitrogen and oxygen atoms in total. The largest absolute Gasteiger partial charge is 0.476 e. The molecule has 0 bridgehead atoms. The minimum absolute atomic E-state index is 0.0208. The van der Waals surface area contributed by atoms with Gasteiger partial charge in [0.2, 0.25) is 21.8 Å². The van der Waals surface area contributed by atoms with Gasteiger partial charge in [-0.1, -0.05) is 6.92 Å². The van der Waals surface area contributed by atoms with Crippen molar-refractivity contribution in [2.24, 2.45) is 11.3 Å². The van der Waals surface area contributed by atoms with E-state index in [0.717, 1.165) is 36.2 Å². The number of carbonyl (C=O) groups is 2. The van der Waals surface area contributed by atoms with Crippen molar-refractivity contribution in [3.63, 3.8) is 0 Å². The van der Waals surface area contributed by atoms with Crippen LogP contribution in [-0.4, -0.2) is 89.8 Å². The number of likely N-dealkylation sites (tertiary alicyclic amines) is 1. The summed E-state index contributed by atoms with van der Waals surface area (Å²) in [6.07, 6.45) is 6.76. The molecule has 2 aliphatic heterocycles. The lowest BCUT2D eigenvalue weighted by atomic mass is 9.83. The van der Waals surface area contributed by atoms with Gasteiger partial charge in [0.15, 0.2) is 5.82 Å². The Labute approximate surface area is 187 Å². The van der Waals surface area contributed by atoms with Crippen LogP contribution in [0.5, 0.6) is 5.88 Å². The van der Waals surface area contributed by atoms with Crippen molar-refractivity contribution in [2.45, 2.75) is 38.6 Å². The molecular formula is C20H29N5O6S. The number of hydrogen-bond acceptors (Lipinski definition) is 7. The van der Waals surface area contributed by atoms with E-state index in [4.69, 9.17) is 4.74 Å². The fourth-order valence-electron chi connectivity index (χ4n) is 4.51. The Bertz CT molecular complexity index is 981. The van der Waals surface area contributed by atoms with Crippen LogP contribution in [0, 0.1) is 11.3 Å². The topological polar surface area (TPSA) is 133 Å². The van der Waals surface area contributed by atoms with Crippen LogP contribution in [0.4, 0.5) is 10.6 Å². The highest BCUT2D eigenvalue weighted by atomic mass is 32.2. The zero-order valence-electron chi connectivity index (χ0n) is 18.3. The van der Waals surface area contributed by atoms with Crippen LogP contribution in [0.1, 0.15) is 32.6 Å². The molecular weight excluding hydrogens is 438 g/mol. The van der Waals surface area contributed by atoms with Gasteiger partial charge in [-0.3, -0.25) is 9.69 Å². The molecule has 176 valence electrons. The standard InChI is InChI=1S/C20H29N5O6S/c1-20(4-5-20)15-9-14(3-6-24(15)19(27)28)13-31-17-11-21-16(10-22-17)25-8-7-23(12-18(25)26)32(2,29)30/h10-11,14-15H,3-9,12-13H2,1-2H3,(H,27,28). The summed E-state index contributed by atoms with van der Waals surface area (Å²) < 4.78 is 30.2. The summed E-state index contributed by atoms with van der Waals surface area (Å²) >= 11 is 0. The van der Waals surface area contributed by atoms with Crippen molar-refractivity contribution < 1.29 is 27.9 Å². The van der Waals surface area contributed by atoms with Crippen LogP contribution in [0.3, 0.4) is 0 Å². The Balaban J connectivity index is 1.32. The molecule has 0 aromatic carbocycles. The number of nitrogens with zero attached hydrogens (tertiary/aromatic N) is 5. The summed E-state index contributed by atoms with van der Waals surface area (Å²) in [5.41, 5.74) is 0.0756. The molecule has 0 radical (unpaired) electrons. The molecule has 1 aromatic rings. The highest BCUT2D eigenvalue weighted by Gasteiger charge is 2.50. The molecule has 1 N–H and O–H groups in total. The SMILES string of the molecule is CC1(C2CC(COc3cnc(N4CCN(S(C)(=O)=O)CC4=O)cn3)CCN2C(=O)O)CC1. The fraction of sp³-hybridized carbons (Fsp3) is 0.700. The number of anilines is 1. The minimum Gasteiger partial charge on any atom is -0.476 e. The highest BCUT2D eigenvalue weighted by molar-refractivity contribution is 7.88. The third-order valence-electron chi connectivity index (χ3n) is 6.81. The first-order valence-corrected chi connectivity index (χ1v) is 12.6. The average Bonchev–Trinajstić information content (AvgIpc) is 3.50. The normalized spacial score (nSPS) is 26.1. The number of hydrogen-bond donors (Lipinski definition) is 1. The second-order valence-corrected chi connectivity index (χ2v) is 11.2. The van der Waals surface area contributed by atoms with Gasteiger partial charge in [-0.2, -0.15) is 4.31 Å². The van der Waals surface area contributed by atoms with Crippen molar-refractivity contribution in [3.8, 4) is 5.88 Å². The Kier molecular flexibility index (Phi) is 6.01. The van der Waals surface area contributed by atoms with Crippen LogP contribution in [-0.2, 0) is 14.8 Å². The summed E-state index contributed by atoms with van der Waals surface area (Å²) in [7, 11) is -3.41. The van der Waals surface area contributed by atoms with E-state index in [9.17, 15) is 23.1 Å². The molecule has 0 spiro atoms. The molecule has 12 heteroatoms. The second-order valence-electron chi connectivity index (χ2n) is 9.20. The molecule has 2 atom stereocenters. The maximum Gasteiger partial charge on any atom is 0.407 e. The third kappa shape index (κ3) is 4.80. The quantitative estimate of drug-likeness (QED) is 0.656. The van der Waals surface area contributed by atoms with E-state index in [0.29, 0.717) is 24.8 Å². The molecule has 1 saturated carbocycles. The fourth-order valence-corrected chi connectivity index (χ4v) is 5.27. The number of ether oxygens (including phenoxy) is 1. The summed E-state index contributed by atoms with van der Waals surface area (Å²) in [6, 6.07) is 0.0208. The number of carboxylic acid groups (broad SMARTS) is 1. The van der Waals surface area contributed by atoms with Crippen LogP contribution >= 0.6 is 0 Å². The van der Waals surface area contributed by atoms with Crippen molar-refractivity contribution in [2.75, 3.05) is 43.9 Å². The average molecular weight is 468 g/mol. The predicted molar refractivity (Wildman–Crippen MR) is 115 cm³/mol. The van der Waals surface area contributed by atoms with Crippen molar-refractivity contribution in [3.05, 3.63) is 12.4 Å². The Morgan fingerprint density at radius 3 is 2.56 bits per heavy atom. The van der Waals surface area contributed by atoms with Gasteiger partial charge in [-0.25, -0.2) is 23.2 Å². The van der Waals surface area contributed by atoms with Gasteiger partial charge in [0.25, 0.3) is 0 Å². The van der Waals surface area contributed by atoms with Crippen LogP contribution in [0.2, 0.25) is 0 Å². The highest BCUT2D eigenvalue weighted by Crippen LogP contribution is 2.53. The Hall–Kier alpha value is -2.47. The molecule has 3 fully saturated rings. The first-order chi connectivity index (χ1) is 15.1. The molecule has 2 saturated heterocycles. The van der Waals surface area contributed by atoms with E-state index < -0.39 is 16.1 Å². The van der Waals surface area contributed by atoms with Crippen molar-refractivity contribution in [1.29, 1.82) is 0 Å². The van der Waals surface area contributed by atoms with Gasteiger partial charge >= 0.3 is 6.09 Å². The number of sulfonamides is 1. The number of rotatable bonds is 6. The lowest BCUT2D eigenvalue weighted by Crippen LogP contribution is -2.52. The van der Waals surface area contributed by atoms with Gasteiger partial charge in [0.1, 0.15) is 0 Å². The number of carbonyl (C=O) groups excluding carboxylic acids is 1. The molecule has 3 heterocycles. The first kappa shape index (κ1) is 22.7. The van der Waals surface area contributed by atoms with Crippen molar-refractivity contribution in [1.82, 2.24) is 19.2 Å². The second kappa shape index (κ2) is 8.47. The molecule has 2 amide bonds. The van der Waals surface area contributed by atoms with Crippen LogP contribution < -0.4 is 9.64 Å². The smallest absolute Gasteiger partial charge is 0.407 e. The number of aromatic nitrogens is 2. The van der Waals surface area contributed by atoms with Gasteiger partial charge in [0, 0.05) is 25.7 Å². The number of piperidine rings is 1. The molecule has 4 rings (SSSR count). The molecule has 3 aliphatic rings. The van der Waals surface area contributed by atoms with Gasteiger partial charge < -0.3 is 14.7 Å². The van der Waals surface area contributed by atoms with E-state index >= 15 is 0 Å². The van der Waals surface area contributed by atoms with Crippen molar-refractivity contribution >= 4 is 27.8 Å². The van der Waals surface area contributed by atoms with E-state index in [1.807, 2.05) is 0 Å². The summed E-state index contributed by atoms with van der Waals surface area (Å²) in [6.45, 7) is 3.30. The lowest BCUT2D eigenvalue weighted by molar-refractivity contribution is -0.120. The lowest BCUT2D eigenvalue weighted by Gasteiger charge is -2.41. The van der Waals surface area contributed by atoms with E-state index in [2.05, 4.69) is 16.9 Å². The minimum atomic E-state index is -3.41. The maximum absolute atomic E-state index is 12.3. The Morgan fingerprint density at radius 2 is 2.00 bits per heavy atom. The summed E-state index contributed by atoms with van der Waals surface area (Å²) in [5, 5.41) is 9.52. The maximum atomic E-state index is 12.3. The molecule has 2 unspecified atom stereocenters. The zero-order chi connectivity index (χ0) is 23.1. The van der Waals surface area contributed by atoms with E-state index in [1.165, 1.54) is 17.3 Å². The van der Waals surface area contributed by atoms with Crippen LogP contribution in [0.15, 0.2) is 12.4 Å². The number of piperazine rings is 1. The summed E-state index contributed by atoms with van der Waals surface area (Å²) in [5.74, 6) is 0.576. The number of amides is 2. The predicted octanol–water partition coefficient (Wildman–Crippen LogP) is 1.02. The first-order valence-electron chi connectivity index (χ1n) is 10.8.